The Hall–Kier alpha value is -2.14. The number of rotatable bonds is 6. The van der Waals surface area contributed by atoms with Gasteiger partial charge in [-0.15, -0.1) is 0 Å². The van der Waals surface area contributed by atoms with Gasteiger partial charge < -0.3 is 10.3 Å². The van der Waals surface area contributed by atoms with E-state index >= 15 is 0 Å². The molecule has 1 aromatic heterocycles. The Kier molecular flexibility index (Phi) is 4.53. The predicted octanol–water partition coefficient (Wildman–Crippen LogP) is 2.53. The highest BCUT2D eigenvalue weighted by Crippen LogP contribution is 2.13. The van der Waals surface area contributed by atoms with Crippen molar-refractivity contribution in [2.24, 2.45) is 5.73 Å². The van der Waals surface area contributed by atoms with Crippen LogP contribution in [0.4, 0.5) is 5.69 Å². The van der Waals surface area contributed by atoms with Crippen molar-refractivity contribution in [1.29, 1.82) is 0 Å². The maximum Gasteiger partial charge on any atom is 0.269 e. The Balaban J connectivity index is 1.98. The molecule has 0 saturated heterocycles. The smallest absolute Gasteiger partial charge is 0.269 e. The van der Waals surface area contributed by atoms with Crippen LogP contribution in [0.3, 0.4) is 0 Å². The fourth-order valence-electron chi connectivity index (χ4n) is 2.22. The number of benzene rings is 1. The fraction of sp³-hybridized carbons (Fsp3) is 0.333. The number of nitrogens with zero attached hydrogens (tertiary/aromatic N) is 2. The van der Waals surface area contributed by atoms with Gasteiger partial charge in [0.15, 0.2) is 0 Å². The third-order valence-corrected chi connectivity index (χ3v) is 3.24. The van der Waals surface area contributed by atoms with E-state index in [1.807, 2.05) is 31.3 Å². The summed E-state index contributed by atoms with van der Waals surface area (Å²) in [7, 11) is 0. The maximum absolute atomic E-state index is 10.6. The van der Waals surface area contributed by atoms with Gasteiger partial charge in [-0.3, -0.25) is 10.1 Å². The molecule has 2 rings (SSSR count). The lowest BCUT2D eigenvalue weighted by Gasteiger charge is -2.11. The Bertz CT molecular complexity index is 573. The molecule has 2 N–H and O–H groups in total. The summed E-state index contributed by atoms with van der Waals surface area (Å²) >= 11 is 0. The first-order valence-electron chi connectivity index (χ1n) is 6.69. The van der Waals surface area contributed by atoms with Gasteiger partial charge in [0.05, 0.1) is 4.92 Å². The first-order chi connectivity index (χ1) is 9.56. The van der Waals surface area contributed by atoms with Crippen molar-refractivity contribution >= 4 is 5.69 Å². The average molecular weight is 273 g/mol. The lowest BCUT2D eigenvalue weighted by atomic mass is 10.1. The molecule has 1 unspecified atom stereocenters. The van der Waals surface area contributed by atoms with Crippen LogP contribution in [0.15, 0.2) is 42.6 Å². The zero-order chi connectivity index (χ0) is 14.5. The lowest BCUT2D eigenvalue weighted by Crippen LogP contribution is -2.20. The topological polar surface area (TPSA) is 74.1 Å². The molecule has 1 aromatic carbocycles. The summed E-state index contributed by atoms with van der Waals surface area (Å²) in [6.07, 6.45) is 3.75. The number of hydrogen-bond donors (Lipinski definition) is 1. The number of aryl methyl sites for hydroxylation is 2. The Morgan fingerprint density at radius 1 is 1.30 bits per heavy atom. The molecule has 1 heterocycles. The molecule has 0 saturated carbocycles. The maximum atomic E-state index is 10.6. The van der Waals surface area contributed by atoms with Gasteiger partial charge >= 0.3 is 0 Å². The molecule has 0 aliphatic heterocycles. The van der Waals surface area contributed by atoms with Gasteiger partial charge in [0.2, 0.25) is 0 Å². The first-order valence-corrected chi connectivity index (χ1v) is 6.69. The molecule has 0 spiro atoms. The second kappa shape index (κ2) is 6.34. The second-order valence-electron chi connectivity index (χ2n) is 5.05. The van der Waals surface area contributed by atoms with E-state index in [0.29, 0.717) is 0 Å². The van der Waals surface area contributed by atoms with Crippen LogP contribution in [0.2, 0.25) is 0 Å². The molecule has 20 heavy (non-hydrogen) atoms. The van der Waals surface area contributed by atoms with Gasteiger partial charge in [-0.25, -0.2) is 0 Å². The molecule has 106 valence electrons. The highest BCUT2D eigenvalue weighted by molar-refractivity contribution is 5.32. The van der Waals surface area contributed by atoms with Crippen LogP contribution in [-0.2, 0) is 19.4 Å². The van der Waals surface area contributed by atoms with Crippen LogP contribution >= 0.6 is 0 Å². The van der Waals surface area contributed by atoms with Gasteiger partial charge in [0.1, 0.15) is 0 Å². The third-order valence-electron chi connectivity index (χ3n) is 3.24. The molecule has 0 fully saturated rings. The van der Waals surface area contributed by atoms with Crippen molar-refractivity contribution in [3.05, 3.63) is 64.0 Å². The van der Waals surface area contributed by atoms with Gasteiger partial charge in [-0.2, -0.15) is 0 Å². The molecule has 5 nitrogen and oxygen atoms in total. The predicted molar refractivity (Wildman–Crippen MR) is 78.6 cm³/mol. The SMILES string of the molecule is CC(N)Cc1cccn1CCc1ccc([N+](=O)[O-])cc1. The quantitative estimate of drug-likeness (QED) is 0.649. The molecular weight excluding hydrogens is 254 g/mol. The van der Waals surface area contributed by atoms with Gasteiger partial charge in [0, 0.05) is 43.0 Å². The molecule has 2 aromatic rings. The van der Waals surface area contributed by atoms with Crippen molar-refractivity contribution in [2.45, 2.75) is 32.4 Å². The van der Waals surface area contributed by atoms with E-state index in [4.69, 9.17) is 5.73 Å². The zero-order valence-electron chi connectivity index (χ0n) is 11.5. The minimum atomic E-state index is -0.379. The standard InChI is InChI=1S/C15H19N3O2/c1-12(16)11-15-3-2-9-17(15)10-8-13-4-6-14(7-5-13)18(19)20/h2-7,9,12H,8,10-11,16H2,1H3. The summed E-state index contributed by atoms with van der Waals surface area (Å²) in [6, 6.07) is 11.0. The number of non-ortho nitro benzene ring substituents is 1. The van der Waals surface area contributed by atoms with Crippen LogP contribution in [-0.4, -0.2) is 15.5 Å². The molecular formula is C15H19N3O2. The lowest BCUT2D eigenvalue weighted by molar-refractivity contribution is -0.384. The summed E-state index contributed by atoms with van der Waals surface area (Å²) in [4.78, 5) is 10.2. The summed E-state index contributed by atoms with van der Waals surface area (Å²) in [5.74, 6) is 0. The number of nitrogens with two attached hydrogens (primary N) is 1. The number of hydrogen-bond acceptors (Lipinski definition) is 3. The van der Waals surface area contributed by atoms with Gasteiger partial charge in [-0.05, 0) is 31.0 Å². The van der Waals surface area contributed by atoms with E-state index in [2.05, 4.69) is 10.6 Å². The molecule has 0 aliphatic carbocycles. The van der Waals surface area contributed by atoms with Crippen molar-refractivity contribution in [1.82, 2.24) is 4.57 Å². The van der Waals surface area contributed by atoms with Gasteiger partial charge in [0.25, 0.3) is 5.69 Å². The fourth-order valence-corrected chi connectivity index (χ4v) is 2.22. The zero-order valence-corrected chi connectivity index (χ0v) is 11.5. The van der Waals surface area contributed by atoms with E-state index in [-0.39, 0.29) is 16.7 Å². The summed E-state index contributed by atoms with van der Waals surface area (Å²) in [6.45, 7) is 2.85. The molecule has 0 amide bonds. The Morgan fingerprint density at radius 2 is 2.00 bits per heavy atom. The molecule has 5 heteroatoms. The average Bonchev–Trinajstić information content (AvgIpc) is 2.83. The molecule has 0 aliphatic rings. The minimum absolute atomic E-state index is 0.132. The summed E-state index contributed by atoms with van der Waals surface area (Å²) in [5.41, 5.74) is 8.28. The van der Waals surface area contributed by atoms with E-state index in [0.717, 1.165) is 24.9 Å². The normalized spacial score (nSPS) is 12.3. The first kappa shape index (κ1) is 14.3. The molecule has 0 radical (unpaired) electrons. The highest BCUT2D eigenvalue weighted by Gasteiger charge is 2.06. The molecule has 0 bridgehead atoms. The van der Waals surface area contributed by atoms with Crippen LogP contribution in [0, 0.1) is 10.1 Å². The largest absolute Gasteiger partial charge is 0.351 e. The van der Waals surface area contributed by atoms with Gasteiger partial charge in [-0.1, -0.05) is 12.1 Å². The number of nitro groups is 1. The third kappa shape index (κ3) is 3.68. The van der Waals surface area contributed by atoms with Crippen LogP contribution < -0.4 is 5.73 Å². The number of aromatic nitrogens is 1. The monoisotopic (exact) mass is 273 g/mol. The minimum Gasteiger partial charge on any atom is -0.351 e. The van der Waals surface area contributed by atoms with E-state index < -0.39 is 0 Å². The van der Waals surface area contributed by atoms with Crippen LogP contribution in [0.1, 0.15) is 18.2 Å². The Morgan fingerprint density at radius 3 is 2.60 bits per heavy atom. The van der Waals surface area contributed by atoms with E-state index in [1.54, 1.807) is 12.1 Å². The van der Waals surface area contributed by atoms with E-state index in [9.17, 15) is 10.1 Å². The van der Waals surface area contributed by atoms with Crippen LogP contribution in [0.25, 0.3) is 0 Å². The van der Waals surface area contributed by atoms with Crippen molar-refractivity contribution in [2.75, 3.05) is 0 Å². The summed E-state index contributed by atoms with van der Waals surface area (Å²) in [5, 5.41) is 10.6. The van der Waals surface area contributed by atoms with Crippen molar-refractivity contribution < 1.29 is 4.92 Å². The molecule has 1 atom stereocenters. The van der Waals surface area contributed by atoms with Crippen molar-refractivity contribution in [3.8, 4) is 0 Å². The van der Waals surface area contributed by atoms with Crippen LogP contribution in [0.5, 0.6) is 0 Å². The number of nitro benzene ring substituents is 1. The van der Waals surface area contributed by atoms with Crippen molar-refractivity contribution in [3.63, 3.8) is 0 Å². The highest BCUT2D eigenvalue weighted by atomic mass is 16.6. The van der Waals surface area contributed by atoms with E-state index in [1.165, 1.54) is 5.69 Å². The summed E-state index contributed by atoms with van der Waals surface area (Å²) < 4.78 is 2.19. The Labute approximate surface area is 118 Å². The second-order valence-corrected chi connectivity index (χ2v) is 5.05.